The Morgan fingerprint density at radius 1 is 1.63 bits per heavy atom. The molecule has 1 aromatic carbocycles. The van der Waals surface area contributed by atoms with Crippen LogP contribution in [0.25, 0.3) is 0 Å². The maximum absolute atomic E-state index is 11.2. The number of ether oxygens (including phenoxy) is 1. The smallest absolute Gasteiger partial charge is 0.341 e. The van der Waals surface area contributed by atoms with Crippen molar-refractivity contribution in [3.05, 3.63) is 23.8 Å². The highest BCUT2D eigenvalue weighted by Gasteiger charge is 2.11. The van der Waals surface area contributed by atoms with Crippen molar-refractivity contribution in [1.29, 1.82) is 10.7 Å². The number of methoxy groups -OCH3 is 1. The zero-order valence-electron chi connectivity index (χ0n) is 9.97. The van der Waals surface area contributed by atoms with Crippen LogP contribution in [0.4, 0.5) is 5.69 Å². The lowest BCUT2D eigenvalue weighted by molar-refractivity contribution is 0.0597. The molecule has 0 aliphatic carbocycles. The number of nitrogens with two attached hydrogens (primary N) is 1. The fourth-order valence-electron chi connectivity index (χ4n) is 1.15. The van der Waals surface area contributed by atoms with Gasteiger partial charge in [0.15, 0.2) is 5.84 Å². The largest absolute Gasteiger partial charge is 0.507 e. The predicted molar refractivity (Wildman–Crippen MR) is 68.0 cm³/mol. The number of esters is 1. The van der Waals surface area contributed by atoms with Crippen molar-refractivity contribution in [2.24, 2.45) is 10.8 Å². The fraction of sp³-hybridized carbons (Fsp3) is 0.0909. The van der Waals surface area contributed by atoms with E-state index >= 15 is 0 Å². The standard InChI is InChI=1S/C11H11N5O3/c1-19-11(18)7-3-2-6(4-9(7)17)15-16-8(5-12)10(13)14/h2-4,15,17H,1H3,(H3,13,14)/b16-8+. The zero-order valence-corrected chi connectivity index (χ0v) is 9.97. The molecule has 0 aromatic heterocycles. The molecule has 1 rings (SSSR count). The van der Waals surface area contributed by atoms with Crippen LogP contribution in [0.15, 0.2) is 23.3 Å². The number of hydrogen-bond donors (Lipinski definition) is 4. The van der Waals surface area contributed by atoms with Crippen LogP contribution in [0.3, 0.4) is 0 Å². The van der Waals surface area contributed by atoms with E-state index in [0.29, 0.717) is 5.69 Å². The van der Waals surface area contributed by atoms with Gasteiger partial charge in [0.1, 0.15) is 17.4 Å². The third-order valence-electron chi connectivity index (χ3n) is 2.06. The molecule has 19 heavy (non-hydrogen) atoms. The molecule has 0 fully saturated rings. The molecule has 0 heterocycles. The highest BCUT2D eigenvalue weighted by atomic mass is 16.5. The number of hydrazone groups is 1. The van der Waals surface area contributed by atoms with Gasteiger partial charge in [-0.05, 0) is 12.1 Å². The molecule has 0 aliphatic rings. The van der Waals surface area contributed by atoms with Crippen LogP contribution >= 0.6 is 0 Å². The van der Waals surface area contributed by atoms with E-state index in [4.69, 9.17) is 16.4 Å². The summed E-state index contributed by atoms with van der Waals surface area (Å²) in [5.74, 6) is -1.45. The summed E-state index contributed by atoms with van der Waals surface area (Å²) in [6, 6.07) is 5.63. The molecule has 0 saturated carbocycles. The topological polar surface area (TPSA) is 145 Å². The van der Waals surface area contributed by atoms with Crippen molar-refractivity contribution >= 4 is 23.2 Å². The van der Waals surface area contributed by atoms with E-state index in [-0.39, 0.29) is 17.0 Å². The number of amidine groups is 1. The van der Waals surface area contributed by atoms with E-state index in [9.17, 15) is 9.90 Å². The molecule has 1 aromatic rings. The first-order valence-electron chi connectivity index (χ1n) is 4.99. The number of aromatic hydroxyl groups is 1. The van der Waals surface area contributed by atoms with E-state index in [1.165, 1.54) is 25.3 Å². The van der Waals surface area contributed by atoms with Gasteiger partial charge in [0.2, 0.25) is 5.71 Å². The van der Waals surface area contributed by atoms with Crippen LogP contribution < -0.4 is 11.2 Å². The van der Waals surface area contributed by atoms with E-state index in [2.05, 4.69) is 15.3 Å². The van der Waals surface area contributed by atoms with Crippen LogP contribution in [0.2, 0.25) is 0 Å². The maximum atomic E-state index is 11.2. The molecule has 0 bridgehead atoms. The second kappa shape index (κ2) is 6.02. The number of carbonyl (C=O) groups excluding carboxylic acids is 1. The van der Waals surface area contributed by atoms with Crippen LogP contribution in [-0.4, -0.2) is 29.7 Å². The number of nitrogens with zero attached hydrogens (tertiary/aromatic N) is 2. The van der Waals surface area contributed by atoms with Crippen molar-refractivity contribution in [1.82, 2.24) is 0 Å². The molecule has 98 valence electrons. The van der Waals surface area contributed by atoms with Gasteiger partial charge in [-0.3, -0.25) is 10.8 Å². The van der Waals surface area contributed by atoms with Crippen LogP contribution in [0.5, 0.6) is 5.75 Å². The number of benzene rings is 1. The van der Waals surface area contributed by atoms with E-state index in [1.807, 2.05) is 0 Å². The Hall–Kier alpha value is -3.08. The van der Waals surface area contributed by atoms with Crippen molar-refractivity contribution in [2.75, 3.05) is 12.5 Å². The predicted octanol–water partition coefficient (Wildman–Crippen LogP) is 0.406. The third-order valence-corrected chi connectivity index (χ3v) is 2.06. The number of phenolic OH excluding ortho intramolecular Hbond substituents is 1. The third kappa shape index (κ3) is 3.44. The van der Waals surface area contributed by atoms with Crippen LogP contribution in [0.1, 0.15) is 10.4 Å². The normalized spacial score (nSPS) is 10.4. The molecule has 0 unspecified atom stereocenters. The molecule has 0 saturated heterocycles. The van der Waals surface area contributed by atoms with Gasteiger partial charge in [-0.15, -0.1) is 0 Å². The molecule has 0 radical (unpaired) electrons. The summed E-state index contributed by atoms with van der Waals surface area (Å²) >= 11 is 0. The fourth-order valence-corrected chi connectivity index (χ4v) is 1.15. The van der Waals surface area contributed by atoms with Gasteiger partial charge in [0, 0.05) is 6.07 Å². The first kappa shape index (κ1) is 14.0. The number of nitrogens with one attached hydrogen (secondary N) is 2. The van der Waals surface area contributed by atoms with Gasteiger partial charge in [-0.1, -0.05) is 0 Å². The quantitative estimate of drug-likeness (QED) is 0.267. The molecule has 0 atom stereocenters. The molecular weight excluding hydrogens is 250 g/mol. The molecule has 5 N–H and O–H groups in total. The Kier molecular flexibility index (Phi) is 4.43. The van der Waals surface area contributed by atoms with Gasteiger partial charge in [-0.2, -0.15) is 10.4 Å². The molecule has 8 heteroatoms. The summed E-state index contributed by atoms with van der Waals surface area (Å²) in [5, 5.41) is 28.9. The molecule has 0 spiro atoms. The highest BCUT2D eigenvalue weighted by molar-refractivity contribution is 6.45. The van der Waals surface area contributed by atoms with Gasteiger partial charge in [0.05, 0.1) is 12.8 Å². The van der Waals surface area contributed by atoms with Crippen molar-refractivity contribution in [3.8, 4) is 11.8 Å². The molecule has 8 nitrogen and oxygen atoms in total. The number of carbonyl (C=O) groups is 1. The van der Waals surface area contributed by atoms with E-state index < -0.39 is 11.8 Å². The minimum Gasteiger partial charge on any atom is -0.507 e. The van der Waals surface area contributed by atoms with Crippen LogP contribution in [-0.2, 0) is 4.74 Å². The second-order valence-corrected chi connectivity index (χ2v) is 3.32. The molecule has 0 amide bonds. The maximum Gasteiger partial charge on any atom is 0.341 e. The van der Waals surface area contributed by atoms with Gasteiger partial charge in [0.25, 0.3) is 0 Å². The summed E-state index contributed by atoms with van der Waals surface area (Å²) in [5.41, 5.74) is 7.56. The lowest BCUT2D eigenvalue weighted by Crippen LogP contribution is -2.21. The average molecular weight is 261 g/mol. The van der Waals surface area contributed by atoms with Crippen molar-refractivity contribution in [3.63, 3.8) is 0 Å². The Labute approximate surface area is 108 Å². The number of phenols is 1. The lowest BCUT2D eigenvalue weighted by atomic mass is 10.2. The minimum atomic E-state index is -0.672. The Bertz CT molecular complexity index is 588. The van der Waals surface area contributed by atoms with Crippen molar-refractivity contribution < 1.29 is 14.6 Å². The van der Waals surface area contributed by atoms with Crippen LogP contribution in [0, 0.1) is 16.7 Å². The monoisotopic (exact) mass is 261 g/mol. The Morgan fingerprint density at radius 3 is 2.79 bits per heavy atom. The van der Waals surface area contributed by atoms with E-state index in [0.717, 1.165) is 0 Å². The number of rotatable bonds is 4. The molecule has 0 aliphatic heterocycles. The number of hydrogen-bond acceptors (Lipinski definition) is 7. The zero-order chi connectivity index (χ0) is 14.4. The molecular formula is C11H11N5O3. The Morgan fingerprint density at radius 2 is 2.32 bits per heavy atom. The van der Waals surface area contributed by atoms with Gasteiger partial charge in [-0.25, -0.2) is 4.79 Å². The summed E-state index contributed by atoms with van der Waals surface area (Å²) < 4.78 is 4.47. The number of nitriles is 1. The summed E-state index contributed by atoms with van der Waals surface area (Å²) in [4.78, 5) is 11.2. The second-order valence-electron chi connectivity index (χ2n) is 3.32. The average Bonchev–Trinajstić information content (AvgIpc) is 2.38. The van der Waals surface area contributed by atoms with Gasteiger partial charge < -0.3 is 15.6 Å². The SMILES string of the molecule is COC(=O)c1ccc(N/N=C(\C#N)C(=N)N)cc1O. The van der Waals surface area contributed by atoms with E-state index in [1.54, 1.807) is 6.07 Å². The minimum absolute atomic E-state index is 0.00380. The lowest BCUT2D eigenvalue weighted by Gasteiger charge is -2.05. The summed E-state index contributed by atoms with van der Waals surface area (Å²) in [6.45, 7) is 0. The van der Waals surface area contributed by atoms with Crippen molar-refractivity contribution in [2.45, 2.75) is 0 Å². The Balaban J connectivity index is 2.94. The highest BCUT2D eigenvalue weighted by Crippen LogP contribution is 2.22. The number of anilines is 1. The summed E-state index contributed by atoms with van der Waals surface area (Å²) in [6.07, 6.45) is 0. The first-order chi connectivity index (χ1) is 8.99. The van der Waals surface area contributed by atoms with Gasteiger partial charge >= 0.3 is 5.97 Å². The summed E-state index contributed by atoms with van der Waals surface area (Å²) in [7, 11) is 1.20. The first-order valence-corrected chi connectivity index (χ1v) is 4.99.